The Kier molecular flexibility index (Phi) is 7.78. The summed E-state index contributed by atoms with van der Waals surface area (Å²) in [5.74, 6) is 0.0195. The number of pyridine rings is 2. The average molecular weight is 476 g/mol. The van der Waals surface area contributed by atoms with Crippen LogP contribution in [-0.4, -0.2) is 48.7 Å². The SMILES string of the molecule is CCC1(CNc2nc(-c3cc(NC(=O)C4CCCNC4)ncc3Cl)ccc2F)CCOCC1. The summed E-state index contributed by atoms with van der Waals surface area (Å²) in [6, 6.07) is 4.66. The maximum Gasteiger partial charge on any atom is 0.229 e. The number of amides is 1. The van der Waals surface area contributed by atoms with Crippen LogP contribution in [0.25, 0.3) is 11.3 Å². The van der Waals surface area contributed by atoms with Crippen molar-refractivity contribution < 1.29 is 13.9 Å². The van der Waals surface area contributed by atoms with Crippen LogP contribution < -0.4 is 16.0 Å². The second-order valence-electron chi connectivity index (χ2n) is 8.93. The molecule has 0 aromatic carbocycles. The Bertz CT molecular complexity index is 977. The van der Waals surface area contributed by atoms with Gasteiger partial charge in [0.2, 0.25) is 5.91 Å². The van der Waals surface area contributed by atoms with E-state index in [1.54, 1.807) is 12.1 Å². The van der Waals surface area contributed by atoms with Gasteiger partial charge in [-0.1, -0.05) is 18.5 Å². The molecule has 33 heavy (non-hydrogen) atoms. The van der Waals surface area contributed by atoms with Gasteiger partial charge in [0.1, 0.15) is 5.82 Å². The molecule has 1 amide bonds. The van der Waals surface area contributed by atoms with Crippen molar-refractivity contribution in [1.82, 2.24) is 15.3 Å². The summed E-state index contributed by atoms with van der Waals surface area (Å²) >= 11 is 6.40. The van der Waals surface area contributed by atoms with Crippen molar-refractivity contribution in [1.29, 1.82) is 0 Å². The van der Waals surface area contributed by atoms with Crippen LogP contribution in [0, 0.1) is 17.2 Å². The van der Waals surface area contributed by atoms with Crippen molar-refractivity contribution in [2.45, 2.75) is 39.0 Å². The molecule has 7 nitrogen and oxygen atoms in total. The molecule has 9 heteroatoms. The van der Waals surface area contributed by atoms with Crippen molar-refractivity contribution in [3.05, 3.63) is 35.2 Å². The standard InChI is InChI=1S/C24H31ClFN5O2/c1-2-24(7-10-33-11-8-24)15-29-22-19(26)5-6-20(30-22)17-12-21(28-14-18(17)25)31-23(32)16-4-3-9-27-13-16/h5-6,12,14,16,27H,2-4,7-11,13,15H2,1H3,(H,29,30)(H,28,31,32). The van der Waals surface area contributed by atoms with E-state index < -0.39 is 5.82 Å². The van der Waals surface area contributed by atoms with Crippen LogP contribution in [-0.2, 0) is 9.53 Å². The first-order valence-corrected chi connectivity index (χ1v) is 12.0. The van der Waals surface area contributed by atoms with Crippen LogP contribution in [0.3, 0.4) is 0 Å². The number of halogens is 2. The number of aromatic nitrogens is 2. The van der Waals surface area contributed by atoms with Gasteiger partial charge in [-0.15, -0.1) is 0 Å². The molecule has 2 aromatic heterocycles. The monoisotopic (exact) mass is 475 g/mol. The highest BCUT2D eigenvalue weighted by molar-refractivity contribution is 6.33. The number of nitrogens with one attached hydrogen (secondary N) is 3. The Morgan fingerprint density at radius 1 is 1.36 bits per heavy atom. The molecule has 0 bridgehead atoms. The number of nitrogens with zero attached hydrogens (tertiary/aromatic N) is 2. The van der Waals surface area contributed by atoms with Gasteiger partial charge in [0.25, 0.3) is 0 Å². The van der Waals surface area contributed by atoms with Crippen molar-refractivity contribution in [3.8, 4) is 11.3 Å². The first-order chi connectivity index (χ1) is 16.0. The van der Waals surface area contributed by atoms with E-state index in [2.05, 4.69) is 32.8 Å². The molecule has 0 spiro atoms. The van der Waals surface area contributed by atoms with E-state index >= 15 is 0 Å². The average Bonchev–Trinajstić information content (AvgIpc) is 2.86. The molecule has 2 aliphatic rings. The van der Waals surface area contributed by atoms with Gasteiger partial charge in [-0.25, -0.2) is 14.4 Å². The minimum absolute atomic E-state index is 0.0706. The summed E-state index contributed by atoms with van der Waals surface area (Å²) in [5, 5.41) is 9.72. The van der Waals surface area contributed by atoms with Crippen LogP contribution in [0.5, 0.6) is 0 Å². The van der Waals surface area contributed by atoms with Crippen molar-refractivity contribution >= 4 is 29.1 Å². The van der Waals surface area contributed by atoms with Gasteiger partial charge in [0.05, 0.1) is 16.6 Å². The largest absolute Gasteiger partial charge is 0.381 e. The smallest absolute Gasteiger partial charge is 0.229 e. The molecule has 0 saturated carbocycles. The predicted octanol–water partition coefficient (Wildman–Crippen LogP) is 4.49. The number of carbonyl (C=O) groups is 1. The molecular formula is C24H31ClFN5O2. The summed E-state index contributed by atoms with van der Waals surface area (Å²) in [6.45, 7) is 5.83. The van der Waals surface area contributed by atoms with E-state index in [0.29, 0.717) is 35.2 Å². The van der Waals surface area contributed by atoms with Crippen molar-refractivity contribution in [2.24, 2.45) is 11.3 Å². The lowest BCUT2D eigenvalue weighted by Gasteiger charge is -2.36. The molecule has 2 aromatic rings. The van der Waals surface area contributed by atoms with Crippen LogP contribution in [0.2, 0.25) is 5.02 Å². The fraction of sp³-hybridized carbons (Fsp3) is 0.542. The molecule has 2 saturated heterocycles. The Labute approximate surface area is 198 Å². The van der Waals surface area contributed by atoms with Crippen LogP contribution in [0.15, 0.2) is 24.4 Å². The summed E-state index contributed by atoms with van der Waals surface area (Å²) in [7, 11) is 0. The molecule has 178 valence electrons. The lowest BCUT2D eigenvalue weighted by atomic mass is 9.78. The van der Waals surface area contributed by atoms with E-state index in [9.17, 15) is 9.18 Å². The Morgan fingerprint density at radius 3 is 2.91 bits per heavy atom. The third kappa shape index (κ3) is 5.80. The molecular weight excluding hydrogens is 445 g/mol. The molecule has 4 rings (SSSR count). The predicted molar refractivity (Wildman–Crippen MR) is 128 cm³/mol. The summed E-state index contributed by atoms with van der Waals surface area (Å²) in [4.78, 5) is 21.3. The molecule has 2 aliphatic heterocycles. The van der Waals surface area contributed by atoms with E-state index in [0.717, 1.165) is 51.9 Å². The van der Waals surface area contributed by atoms with E-state index in [1.165, 1.54) is 12.3 Å². The number of piperidine rings is 1. The van der Waals surface area contributed by atoms with Crippen LogP contribution in [0.1, 0.15) is 39.0 Å². The van der Waals surface area contributed by atoms with Gasteiger partial charge >= 0.3 is 0 Å². The van der Waals surface area contributed by atoms with Crippen molar-refractivity contribution in [3.63, 3.8) is 0 Å². The van der Waals surface area contributed by atoms with Crippen LogP contribution >= 0.6 is 11.6 Å². The molecule has 0 radical (unpaired) electrons. The van der Waals surface area contributed by atoms with Gasteiger partial charge in [0, 0.05) is 38.1 Å². The number of carbonyl (C=O) groups excluding carboxylic acids is 1. The van der Waals surface area contributed by atoms with Gasteiger partial charge in [-0.3, -0.25) is 4.79 Å². The number of anilines is 2. The first-order valence-electron chi connectivity index (χ1n) is 11.7. The van der Waals surface area contributed by atoms with E-state index in [4.69, 9.17) is 16.3 Å². The lowest BCUT2D eigenvalue weighted by molar-refractivity contribution is -0.120. The minimum Gasteiger partial charge on any atom is -0.381 e. The normalized spacial score (nSPS) is 20.3. The number of hydrogen-bond acceptors (Lipinski definition) is 6. The maximum absolute atomic E-state index is 14.6. The van der Waals surface area contributed by atoms with E-state index in [-0.39, 0.29) is 23.1 Å². The third-order valence-electron chi connectivity index (χ3n) is 6.83. The first kappa shape index (κ1) is 23.9. The highest BCUT2D eigenvalue weighted by Gasteiger charge is 2.31. The minimum atomic E-state index is -0.416. The second-order valence-corrected chi connectivity index (χ2v) is 9.34. The maximum atomic E-state index is 14.6. The second kappa shape index (κ2) is 10.8. The molecule has 4 heterocycles. The zero-order chi connectivity index (χ0) is 23.3. The van der Waals surface area contributed by atoms with Crippen molar-refractivity contribution in [2.75, 3.05) is 43.5 Å². The highest BCUT2D eigenvalue weighted by Crippen LogP contribution is 2.35. The van der Waals surface area contributed by atoms with Gasteiger partial charge in [-0.05, 0) is 62.3 Å². The molecule has 2 fully saturated rings. The zero-order valence-electron chi connectivity index (χ0n) is 18.9. The lowest BCUT2D eigenvalue weighted by Crippen LogP contribution is -2.37. The van der Waals surface area contributed by atoms with Crippen LogP contribution in [0.4, 0.5) is 16.0 Å². The molecule has 3 N–H and O–H groups in total. The summed E-state index contributed by atoms with van der Waals surface area (Å²) < 4.78 is 20.1. The summed E-state index contributed by atoms with van der Waals surface area (Å²) in [6.07, 6.45) is 6.16. The number of hydrogen-bond donors (Lipinski definition) is 3. The Morgan fingerprint density at radius 2 is 2.18 bits per heavy atom. The molecule has 1 unspecified atom stereocenters. The zero-order valence-corrected chi connectivity index (χ0v) is 19.7. The summed E-state index contributed by atoms with van der Waals surface area (Å²) in [5.41, 5.74) is 1.17. The quantitative estimate of drug-likeness (QED) is 0.546. The number of rotatable bonds is 7. The number of ether oxygens (including phenoxy) is 1. The molecule has 0 aliphatic carbocycles. The molecule has 1 atom stereocenters. The van der Waals surface area contributed by atoms with Gasteiger partial charge < -0.3 is 20.7 Å². The topological polar surface area (TPSA) is 88.2 Å². The fourth-order valence-corrected chi connectivity index (χ4v) is 4.65. The third-order valence-corrected chi connectivity index (χ3v) is 7.13. The Balaban J connectivity index is 1.51. The highest BCUT2D eigenvalue weighted by atomic mass is 35.5. The Hall–Kier alpha value is -2.29. The van der Waals surface area contributed by atoms with Gasteiger partial charge in [0.15, 0.2) is 11.6 Å². The fourth-order valence-electron chi connectivity index (χ4n) is 4.45. The van der Waals surface area contributed by atoms with Gasteiger partial charge in [-0.2, -0.15) is 0 Å². The van der Waals surface area contributed by atoms with E-state index in [1.807, 2.05) is 0 Å².